The zero-order chi connectivity index (χ0) is 18.2. The molecule has 142 valence electrons. The van der Waals surface area contributed by atoms with Crippen molar-refractivity contribution in [1.29, 1.82) is 0 Å². The number of imide groups is 1. The molecule has 0 saturated carbocycles. The minimum absolute atomic E-state index is 0.191. The number of para-hydroxylation sites is 1. The fraction of sp³-hybridized carbons (Fsp3) is 0.579. The maximum atomic E-state index is 12.6. The van der Waals surface area contributed by atoms with Crippen LogP contribution in [0.1, 0.15) is 25.7 Å². The largest absolute Gasteiger partial charge is 0.379 e. The third kappa shape index (κ3) is 5.44. The van der Waals surface area contributed by atoms with Crippen LogP contribution < -0.4 is 10.6 Å². The summed E-state index contributed by atoms with van der Waals surface area (Å²) in [4.78, 5) is 28.9. The Bertz CT molecular complexity index is 590. The average molecular weight is 360 g/mol. The number of hydrogen-bond acceptors (Lipinski definition) is 4. The van der Waals surface area contributed by atoms with E-state index in [0.717, 1.165) is 58.5 Å². The molecular weight excluding hydrogens is 332 g/mol. The van der Waals surface area contributed by atoms with Crippen LogP contribution >= 0.6 is 0 Å². The number of amides is 4. The van der Waals surface area contributed by atoms with Crippen molar-refractivity contribution in [2.45, 2.75) is 31.7 Å². The summed E-state index contributed by atoms with van der Waals surface area (Å²) >= 11 is 0. The normalized spacial score (nSPS) is 21.2. The van der Waals surface area contributed by atoms with Gasteiger partial charge < -0.3 is 15.0 Å². The first-order chi connectivity index (χ1) is 12.7. The minimum atomic E-state index is -0.487. The number of nitrogens with one attached hydrogen (secondary N) is 2. The van der Waals surface area contributed by atoms with Crippen LogP contribution in [0, 0.1) is 0 Å². The quantitative estimate of drug-likeness (QED) is 0.865. The van der Waals surface area contributed by atoms with Gasteiger partial charge in [-0.3, -0.25) is 10.2 Å². The van der Waals surface area contributed by atoms with E-state index in [0.29, 0.717) is 12.2 Å². The Morgan fingerprint density at radius 1 is 1.08 bits per heavy atom. The Kier molecular flexibility index (Phi) is 6.85. The molecule has 2 aliphatic rings. The summed E-state index contributed by atoms with van der Waals surface area (Å²) in [6.07, 6.45) is 4.06. The van der Waals surface area contributed by atoms with Gasteiger partial charge in [0.25, 0.3) is 0 Å². The molecular formula is C19H28N4O3. The van der Waals surface area contributed by atoms with Crippen LogP contribution in [-0.2, 0) is 4.74 Å². The maximum Gasteiger partial charge on any atom is 0.327 e. The fourth-order valence-corrected chi connectivity index (χ4v) is 3.58. The van der Waals surface area contributed by atoms with Crippen molar-refractivity contribution in [2.24, 2.45) is 0 Å². The first-order valence-electron chi connectivity index (χ1n) is 9.46. The van der Waals surface area contributed by atoms with Crippen molar-refractivity contribution in [3.8, 4) is 0 Å². The molecule has 0 radical (unpaired) electrons. The molecule has 1 aromatic carbocycles. The number of likely N-dealkylation sites (tertiary alicyclic amines) is 1. The van der Waals surface area contributed by atoms with Crippen LogP contribution in [0.2, 0.25) is 0 Å². The summed E-state index contributed by atoms with van der Waals surface area (Å²) in [6.45, 7) is 5.16. The highest BCUT2D eigenvalue weighted by Gasteiger charge is 2.28. The number of carbonyl (C=O) groups is 2. The summed E-state index contributed by atoms with van der Waals surface area (Å²) in [5.41, 5.74) is 0.667. The summed E-state index contributed by atoms with van der Waals surface area (Å²) in [6, 6.07) is 8.53. The van der Waals surface area contributed by atoms with Gasteiger partial charge in [0.2, 0.25) is 0 Å². The third-order valence-electron chi connectivity index (χ3n) is 5.02. The Morgan fingerprint density at radius 2 is 1.85 bits per heavy atom. The number of nitrogens with zero attached hydrogens (tertiary/aromatic N) is 2. The van der Waals surface area contributed by atoms with Crippen LogP contribution in [-0.4, -0.2) is 67.3 Å². The Hall–Kier alpha value is -2.12. The number of urea groups is 2. The van der Waals surface area contributed by atoms with E-state index >= 15 is 0 Å². The highest BCUT2D eigenvalue weighted by Crippen LogP contribution is 2.20. The molecule has 1 unspecified atom stereocenters. The third-order valence-corrected chi connectivity index (χ3v) is 5.02. The lowest BCUT2D eigenvalue weighted by molar-refractivity contribution is 0.0327. The van der Waals surface area contributed by atoms with Gasteiger partial charge in [0.05, 0.1) is 13.2 Å². The minimum Gasteiger partial charge on any atom is -0.379 e. The molecule has 7 nitrogen and oxygen atoms in total. The maximum absolute atomic E-state index is 12.6. The molecule has 2 aliphatic heterocycles. The monoisotopic (exact) mass is 360 g/mol. The second kappa shape index (κ2) is 9.54. The number of piperidine rings is 1. The average Bonchev–Trinajstić information content (AvgIpc) is 2.68. The zero-order valence-electron chi connectivity index (χ0n) is 15.2. The molecule has 0 spiro atoms. The van der Waals surface area contributed by atoms with Gasteiger partial charge in [0.1, 0.15) is 0 Å². The molecule has 1 aromatic rings. The number of rotatable bonds is 4. The number of morpholine rings is 1. The first-order valence-corrected chi connectivity index (χ1v) is 9.46. The van der Waals surface area contributed by atoms with Gasteiger partial charge in [-0.25, -0.2) is 9.59 Å². The van der Waals surface area contributed by atoms with Gasteiger partial charge in [-0.2, -0.15) is 0 Å². The number of carbonyl (C=O) groups excluding carboxylic acids is 2. The van der Waals surface area contributed by atoms with Crippen LogP contribution in [0.4, 0.5) is 15.3 Å². The van der Waals surface area contributed by atoms with Crippen molar-refractivity contribution in [3.63, 3.8) is 0 Å². The number of anilines is 1. The van der Waals surface area contributed by atoms with Crippen molar-refractivity contribution in [3.05, 3.63) is 30.3 Å². The van der Waals surface area contributed by atoms with Crippen molar-refractivity contribution in [2.75, 3.05) is 44.7 Å². The van der Waals surface area contributed by atoms with E-state index in [1.54, 1.807) is 12.1 Å². The highest BCUT2D eigenvalue weighted by atomic mass is 16.5. The van der Waals surface area contributed by atoms with Gasteiger partial charge >= 0.3 is 12.1 Å². The molecule has 3 rings (SSSR count). The highest BCUT2D eigenvalue weighted by molar-refractivity contribution is 6.00. The predicted molar refractivity (Wildman–Crippen MR) is 100 cm³/mol. The van der Waals surface area contributed by atoms with E-state index in [9.17, 15) is 9.59 Å². The van der Waals surface area contributed by atoms with E-state index < -0.39 is 6.03 Å². The molecule has 0 bridgehead atoms. The topological polar surface area (TPSA) is 73.9 Å². The zero-order valence-corrected chi connectivity index (χ0v) is 15.2. The lowest BCUT2D eigenvalue weighted by atomic mass is 9.99. The van der Waals surface area contributed by atoms with Crippen molar-refractivity contribution >= 4 is 17.7 Å². The summed E-state index contributed by atoms with van der Waals surface area (Å²) in [5, 5.41) is 5.16. The van der Waals surface area contributed by atoms with E-state index in [-0.39, 0.29) is 12.1 Å². The van der Waals surface area contributed by atoms with Crippen molar-refractivity contribution in [1.82, 2.24) is 15.1 Å². The SMILES string of the molecule is O=C(NC(=O)N1CCCCC1CCN1CCOCC1)Nc1ccccc1. The van der Waals surface area contributed by atoms with Gasteiger partial charge in [0, 0.05) is 37.9 Å². The molecule has 2 fully saturated rings. The lowest BCUT2D eigenvalue weighted by Crippen LogP contribution is -2.52. The number of hydrogen-bond donors (Lipinski definition) is 2. The van der Waals surface area contributed by atoms with Gasteiger partial charge in [0.15, 0.2) is 0 Å². The standard InChI is InChI=1S/C19H28N4O3/c24-18(20-16-6-2-1-3-7-16)21-19(25)23-10-5-4-8-17(23)9-11-22-12-14-26-15-13-22/h1-3,6-7,17H,4-5,8-15H2,(H2,20,21,24,25). The number of benzene rings is 1. The van der Waals surface area contributed by atoms with Crippen LogP contribution in [0.25, 0.3) is 0 Å². The molecule has 26 heavy (non-hydrogen) atoms. The second-order valence-electron chi connectivity index (χ2n) is 6.84. The molecule has 1 atom stereocenters. The van der Waals surface area contributed by atoms with Crippen molar-refractivity contribution < 1.29 is 14.3 Å². The lowest BCUT2D eigenvalue weighted by Gasteiger charge is -2.37. The Morgan fingerprint density at radius 3 is 2.62 bits per heavy atom. The van der Waals surface area contributed by atoms with Gasteiger partial charge in [-0.05, 0) is 37.8 Å². The number of ether oxygens (including phenoxy) is 1. The Balaban J connectivity index is 1.49. The summed E-state index contributed by atoms with van der Waals surface area (Å²) in [7, 11) is 0. The molecule has 2 N–H and O–H groups in total. The molecule has 2 saturated heterocycles. The molecule has 0 aromatic heterocycles. The predicted octanol–water partition coefficient (Wildman–Crippen LogP) is 2.50. The molecule has 0 aliphatic carbocycles. The molecule has 2 heterocycles. The summed E-state index contributed by atoms with van der Waals surface area (Å²) < 4.78 is 5.38. The van der Waals surface area contributed by atoms with Crippen LogP contribution in [0.15, 0.2) is 30.3 Å². The first kappa shape index (κ1) is 18.7. The smallest absolute Gasteiger partial charge is 0.327 e. The van der Waals surface area contributed by atoms with E-state index in [1.807, 2.05) is 23.1 Å². The van der Waals surface area contributed by atoms with E-state index in [1.165, 1.54) is 0 Å². The molecule has 7 heteroatoms. The van der Waals surface area contributed by atoms with E-state index in [2.05, 4.69) is 15.5 Å². The van der Waals surface area contributed by atoms with Crippen LogP contribution in [0.5, 0.6) is 0 Å². The second-order valence-corrected chi connectivity index (χ2v) is 6.84. The summed E-state index contributed by atoms with van der Waals surface area (Å²) in [5.74, 6) is 0. The van der Waals surface area contributed by atoms with Gasteiger partial charge in [-0.1, -0.05) is 18.2 Å². The Labute approximate surface area is 154 Å². The fourth-order valence-electron chi connectivity index (χ4n) is 3.58. The van der Waals surface area contributed by atoms with E-state index in [4.69, 9.17) is 4.74 Å². The van der Waals surface area contributed by atoms with Gasteiger partial charge in [-0.15, -0.1) is 0 Å². The van der Waals surface area contributed by atoms with Crippen LogP contribution in [0.3, 0.4) is 0 Å². The molecule has 4 amide bonds.